The third-order valence-corrected chi connectivity index (χ3v) is 7.91. The van der Waals surface area contributed by atoms with Gasteiger partial charge in [-0.15, -0.1) is 0 Å². The summed E-state index contributed by atoms with van der Waals surface area (Å²) in [6.45, 7) is 3.58. The number of rotatable bonds is 10. The quantitative estimate of drug-likeness (QED) is 0.244. The Kier molecular flexibility index (Phi) is 7.66. The number of halogens is 3. The third-order valence-electron chi connectivity index (χ3n) is 5.92. The predicted molar refractivity (Wildman–Crippen MR) is 138 cm³/mol. The second-order valence-corrected chi connectivity index (χ2v) is 11.2. The van der Waals surface area contributed by atoms with Gasteiger partial charge in [0.15, 0.2) is 9.84 Å². The number of imidazole rings is 1. The van der Waals surface area contributed by atoms with E-state index >= 15 is 8.78 Å². The van der Waals surface area contributed by atoms with Gasteiger partial charge in [-0.2, -0.15) is 8.78 Å². The van der Waals surface area contributed by atoms with Gasteiger partial charge in [0.1, 0.15) is 11.5 Å². The van der Waals surface area contributed by atoms with Crippen molar-refractivity contribution in [3.8, 4) is 5.75 Å². The van der Waals surface area contributed by atoms with E-state index in [1.807, 2.05) is 0 Å². The van der Waals surface area contributed by atoms with Gasteiger partial charge in [0.05, 0.1) is 21.7 Å². The lowest BCUT2D eigenvalue weighted by Gasteiger charge is -2.18. The van der Waals surface area contributed by atoms with Gasteiger partial charge < -0.3 is 9.30 Å². The Labute approximate surface area is 218 Å². The van der Waals surface area contributed by atoms with Crippen LogP contribution in [0, 0.1) is 0 Å². The molecule has 0 atom stereocenters. The SMILES string of the molecule is CCn1c(C(F)(F)Oc2ccc(CC(=O)Cc3ccc(S(=O)(=O)CC)cc3)cc2)nc2cc(Cl)ccc21. The lowest BCUT2D eigenvalue weighted by Crippen LogP contribution is -2.26. The second kappa shape index (κ2) is 10.6. The smallest absolute Gasteiger partial charge is 0.427 e. The van der Waals surface area contributed by atoms with Crippen molar-refractivity contribution in [3.63, 3.8) is 0 Å². The number of carbonyl (C=O) groups excluding carboxylic acids is 1. The fourth-order valence-corrected chi connectivity index (χ4v) is 5.06. The number of ketones is 1. The molecule has 0 unspecified atom stereocenters. The molecule has 1 heterocycles. The van der Waals surface area contributed by atoms with Crippen LogP contribution in [0.2, 0.25) is 5.02 Å². The van der Waals surface area contributed by atoms with Crippen LogP contribution >= 0.6 is 11.6 Å². The van der Waals surface area contributed by atoms with Crippen molar-refractivity contribution in [1.29, 1.82) is 0 Å². The zero-order valence-corrected chi connectivity index (χ0v) is 21.8. The first-order chi connectivity index (χ1) is 17.5. The molecular formula is C27H25ClF2N2O4S. The maximum absolute atomic E-state index is 15.1. The summed E-state index contributed by atoms with van der Waals surface area (Å²) in [5.74, 6) is -0.684. The van der Waals surface area contributed by atoms with Crippen molar-refractivity contribution in [2.45, 2.75) is 44.2 Å². The van der Waals surface area contributed by atoms with Gasteiger partial charge in [-0.1, -0.05) is 42.8 Å². The molecule has 0 saturated heterocycles. The number of sulfone groups is 1. The zero-order valence-electron chi connectivity index (χ0n) is 20.2. The number of Topliss-reactive ketones (excluding diaryl/α,β-unsaturated/α-hetero) is 1. The van der Waals surface area contributed by atoms with Gasteiger partial charge in [0.25, 0.3) is 0 Å². The molecule has 0 amide bonds. The molecule has 3 aromatic carbocycles. The van der Waals surface area contributed by atoms with Crippen LogP contribution < -0.4 is 4.74 Å². The molecule has 10 heteroatoms. The molecule has 0 aliphatic heterocycles. The zero-order chi connectivity index (χ0) is 26.8. The molecule has 0 spiro atoms. The van der Waals surface area contributed by atoms with Crippen molar-refractivity contribution in [3.05, 3.63) is 88.7 Å². The largest absolute Gasteiger partial charge is 0.460 e. The van der Waals surface area contributed by atoms with Crippen LogP contribution in [0.4, 0.5) is 8.78 Å². The number of aromatic nitrogens is 2. The van der Waals surface area contributed by atoms with E-state index in [4.69, 9.17) is 16.3 Å². The summed E-state index contributed by atoms with van der Waals surface area (Å²) in [6, 6.07) is 16.9. The summed E-state index contributed by atoms with van der Waals surface area (Å²) in [6.07, 6.45) is -3.48. The Morgan fingerprint density at radius 1 is 0.973 bits per heavy atom. The summed E-state index contributed by atoms with van der Waals surface area (Å²) in [4.78, 5) is 16.8. The fourth-order valence-electron chi connectivity index (χ4n) is 4.01. The number of hydrogen-bond acceptors (Lipinski definition) is 5. The average Bonchev–Trinajstić information content (AvgIpc) is 3.24. The highest BCUT2D eigenvalue weighted by molar-refractivity contribution is 7.91. The highest BCUT2D eigenvalue weighted by Gasteiger charge is 2.40. The number of benzene rings is 3. The fraction of sp³-hybridized carbons (Fsp3) is 0.259. The van der Waals surface area contributed by atoms with Crippen LogP contribution in [0.5, 0.6) is 5.75 Å². The molecule has 0 aliphatic carbocycles. The summed E-state index contributed by atoms with van der Waals surface area (Å²) in [5.41, 5.74) is 2.21. The maximum Gasteiger partial charge on any atom is 0.460 e. The van der Waals surface area contributed by atoms with Crippen LogP contribution in [0.3, 0.4) is 0 Å². The van der Waals surface area contributed by atoms with Gasteiger partial charge in [-0.3, -0.25) is 4.79 Å². The van der Waals surface area contributed by atoms with Gasteiger partial charge in [0.2, 0.25) is 5.82 Å². The number of fused-ring (bicyclic) bond motifs is 1. The maximum atomic E-state index is 15.1. The Hall–Kier alpha value is -3.30. The molecule has 0 bridgehead atoms. The van der Waals surface area contributed by atoms with E-state index in [1.165, 1.54) is 34.9 Å². The molecule has 4 rings (SSSR count). The van der Waals surface area contributed by atoms with Gasteiger partial charge in [-0.05, 0) is 60.5 Å². The van der Waals surface area contributed by atoms with Crippen LogP contribution in [-0.4, -0.2) is 29.5 Å². The van der Waals surface area contributed by atoms with Crippen LogP contribution in [0.15, 0.2) is 71.6 Å². The lowest BCUT2D eigenvalue weighted by molar-refractivity contribution is -0.193. The first kappa shape index (κ1) is 26.8. The molecule has 37 heavy (non-hydrogen) atoms. The minimum Gasteiger partial charge on any atom is -0.427 e. The predicted octanol–water partition coefficient (Wildman–Crippen LogP) is 5.99. The van der Waals surface area contributed by atoms with Crippen molar-refractivity contribution in [2.75, 3.05) is 5.75 Å². The molecule has 6 nitrogen and oxygen atoms in total. The Morgan fingerprint density at radius 3 is 2.14 bits per heavy atom. The lowest BCUT2D eigenvalue weighted by atomic mass is 10.0. The third kappa shape index (κ3) is 5.99. The first-order valence-corrected chi connectivity index (χ1v) is 13.7. The first-order valence-electron chi connectivity index (χ1n) is 11.7. The van der Waals surface area contributed by atoms with Crippen LogP contribution in [-0.2, 0) is 40.1 Å². The van der Waals surface area contributed by atoms with Crippen molar-refractivity contribution >= 4 is 38.3 Å². The molecule has 1 aromatic heterocycles. The number of ether oxygens (including phenoxy) is 1. The number of hydrogen-bond donors (Lipinski definition) is 0. The number of carbonyl (C=O) groups is 1. The van der Waals surface area contributed by atoms with Crippen molar-refractivity contribution in [2.24, 2.45) is 0 Å². The normalized spacial score (nSPS) is 12.1. The minimum atomic E-state index is -3.70. The molecule has 0 radical (unpaired) electrons. The summed E-state index contributed by atoms with van der Waals surface area (Å²) in [5, 5.41) is 0.399. The summed E-state index contributed by atoms with van der Waals surface area (Å²) >= 11 is 5.98. The van der Waals surface area contributed by atoms with Crippen molar-refractivity contribution < 1.29 is 26.7 Å². The van der Waals surface area contributed by atoms with Gasteiger partial charge in [-0.25, -0.2) is 13.4 Å². The van der Waals surface area contributed by atoms with Gasteiger partial charge in [0, 0.05) is 24.4 Å². The highest BCUT2D eigenvalue weighted by Crippen LogP contribution is 2.34. The van der Waals surface area contributed by atoms with E-state index in [1.54, 1.807) is 50.2 Å². The minimum absolute atomic E-state index is 0.00438. The van der Waals surface area contributed by atoms with Crippen LogP contribution in [0.25, 0.3) is 11.0 Å². The molecular weight excluding hydrogens is 522 g/mol. The molecule has 194 valence electrons. The van der Waals surface area contributed by atoms with E-state index in [9.17, 15) is 13.2 Å². The van der Waals surface area contributed by atoms with E-state index in [0.29, 0.717) is 27.2 Å². The van der Waals surface area contributed by atoms with Crippen molar-refractivity contribution in [1.82, 2.24) is 9.55 Å². The molecule has 0 saturated carbocycles. The standard InChI is InChI=1S/C27H25ClF2N2O4S/c1-3-32-25-14-9-20(28)17-24(25)31-26(32)27(29,30)36-22-10-5-18(6-11-22)15-21(33)16-19-7-12-23(13-8-19)37(34,35)4-2/h5-14,17H,3-4,15-16H2,1-2H3. The number of alkyl halides is 2. The highest BCUT2D eigenvalue weighted by atomic mass is 35.5. The Morgan fingerprint density at radius 2 is 1.57 bits per heavy atom. The molecule has 4 aromatic rings. The Bertz CT molecular complexity index is 1530. The van der Waals surface area contributed by atoms with E-state index in [0.717, 1.165) is 0 Å². The summed E-state index contributed by atoms with van der Waals surface area (Å²) in [7, 11) is -3.30. The number of nitrogens with zero attached hydrogens (tertiary/aromatic N) is 2. The van der Waals surface area contributed by atoms with E-state index < -0.39 is 21.8 Å². The molecule has 0 fully saturated rings. The summed E-state index contributed by atoms with van der Waals surface area (Å²) < 4.78 is 60.4. The topological polar surface area (TPSA) is 78.3 Å². The Balaban J connectivity index is 1.42. The second-order valence-electron chi connectivity index (χ2n) is 8.52. The monoisotopic (exact) mass is 546 g/mol. The molecule has 0 N–H and O–H groups in total. The number of aryl methyl sites for hydroxylation is 1. The average molecular weight is 547 g/mol. The van der Waals surface area contributed by atoms with E-state index in [-0.39, 0.29) is 41.6 Å². The van der Waals surface area contributed by atoms with Crippen LogP contribution in [0.1, 0.15) is 30.8 Å². The van der Waals surface area contributed by atoms with E-state index in [2.05, 4.69) is 4.98 Å². The molecule has 0 aliphatic rings. The van der Waals surface area contributed by atoms with Gasteiger partial charge >= 0.3 is 6.11 Å².